The Balaban J connectivity index is 1.36. The fraction of sp³-hybridized carbons (Fsp3) is 0.792. The van der Waals surface area contributed by atoms with Crippen molar-refractivity contribution in [2.75, 3.05) is 0 Å². The van der Waals surface area contributed by atoms with Crippen molar-refractivity contribution in [1.82, 2.24) is 0 Å². The van der Waals surface area contributed by atoms with Crippen molar-refractivity contribution in [2.24, 2.45) is 28.6 Å². The van der Waals surface area contributed by atoms with Gasteiger partial charge in [0.25, 0.3) is 0 Å². The number of aliphatic hydroxyl groups is 1. The Morgan fingerprint density at radius 2 is 1.89 bits per heavy atom. The van der Waals surface area contributed by atoms with Gasteiger partial charge < -0.3 is 14.3 Å². The molecule has 2 heterocycles. The molecule has 0 radical (unpaired) electrons. The van der Waals surface area contributed by atoms with Gasteiger partial charge in [-0.05, 0) is 92.1 Å². The van der Waals surface area contributed by atoms with E-state index in [2.05, 4.69) is 13.8 Å². The van der Waals surface area contributed by atoms with Crippen LogP contribution in [0.5, 0.6) is 0 Å². The minimum absolute atomic E-state index is 0.0285. The second kappa shape index (κ2) is 5.51. The summed E-state index contributed by atoms with van der Waals surface area (Å²) in [6.45, 7) is 4.97. The largest absolute Gasteiger partial charge is 0.431 e. The molecule has 4 saturated carbocycles. The Hall–Kier alpha value is -1.13. The highest BCUT2D eigenvalue weighted by Crippen LogP contribution is 2.77. The van der Waals surface area contributed by atoms with Crippen molar-refractivity contribution in [3.8, 4) is 0 Å². The van der Waals surface area contributed by atoms with E-state index in [4.69, 9.17) is 9.15 Å². The highest BCUT2D eigenvalue weighted by Gasteiger charge is 2.80. The quantitative estimate of drug-likeness (QED) is 0.735. The minimum Gasteiger partial charge on any atom is -0.431 e. The molecule has 0 aromatic carbocycles. The zero-order valence-corrected chi connectivity index (χ0v) is 17.0. The molecule has 1 aromatic rings. The number of hydrogen-bond donors (Lipinski definition) is 1. The van der Waals surface area contributed by atoms with Gasteiger partial charge in [0.1, 0.15) is 5.60 Å². The maximum absolute atomic E-state index is 11.4. The lowest BCUT2D eigenvalue weighted by Gasteiger charge is -2.61. The van der Waals surface area contributed by atoms with Gasteiger partial charge in [0.15, 0.2) is 0 Å². The SMILES string of the molecule is C[C@]12CC[C@H](O)C[C@@H]1CC[C@@H]1[C@H]2CC[C@]2(C)[C@@H](c3ccc(=O)oc3)C[C@H]3O[C@]132. The summed E-state index contributed by atoms with van der Waals surface area (Å²) in [6, 6.07) is 3.55. The predicted octanol–water partition coefficient (Wildman–Crippen LogP) is 4.26. The molecule has 9 atom stereocenters. The Bertz CT molecular complexity index is 842. The van der Waals surface area contributed by atoms with Crippen LogP contribution in [0.3, 0.4) is 0 Å². The number of epoxide rings is 1. The summed E-state index contributed by atoms with van der Waals surface area (Å²) in [5.41, 5.74) is 1.44. The van der Waals surface area contributed by atoms with E-state index in [1.54, 1.807) is 12.3 Å². The van der Waals surface area contributed by atoms with E-state index in [1.807, 2.05) is 6.07 Å². The zero-order chi connectivity index (χ0) is 19.3. The van der Waals surface area contributed by atoms with Gasteiger partial charge in [-0.25, -0.2) is 4.79 Å². The molecule has 152 valence electrons. The first kappa shape index (κ1) is 17.7. The Labute approximate surface area is 166 Å². The summed E-state index contributed by atoms with van der Waals surface area (Å²) < 4.78 is 11.8. The smallest absolute Gasteiger partial charge is 0.335 e. The monoisotopic (exact) mass is 384 g/mol. The Morgan fingerprint density at radius 3 is 2.68 bits per heavy atom. The number of hydrogen-bond acceptors (Lipinski definition) is 4. The van der Waals surface area contributed by atoms with Gasteiger partial charge in [0, 0.05) is 11.5 Å². The van der Waals surface area contributed by atoms with Crippen molar-refractivity contribution in [3.05, 3.63) is 34.4 Å². The normalized spacial score (nSPS) is 54.2. The lowest BCUT2D eigenvalue weighted by molar-refractivity contribution is -0.139. The molecule has 1 aliphatic heterocycles. The summed E-state index contributed by atoms with van der Waals surface area (Å²) in [4.78, 5) is 11.4. The van der Waals surface area contributed by atoms with E-state index in [0.29, 0.717) is 29.3 Å². The summed E-state index contributed by atoms with van der Waals surface area (Å²) in [6.07, 6.45) is 11.1. The van der Waals surface area contributed by atoms with Crippen LogP contribution < -0.4 is 5.63 Å². The van der Waals surface area contributed by atoms with Gasteiger partial charge in [-0.2, -0.15) is 0 Å². The first-order valence-corrected chi connectivity index (χ1v) is 11.3. The van der Waals surface area contributed by atoms with E-state index < -0.39 is 0 Å². The maximum atomic E-state index is 11.4. The summed E-state index contributed by atoms with van der Waals surface area (Å²) >= 11 is 0. The van der Waals surface area contributed by atoms with E-state index in [1.165, 1.54) is 37.7 Å². The molecular weight excluding hydrogens is 352 g/mol. The van der Waals surface area contributed by atoms with Crippen molar-refractivity contribution < 1.29 is 14.3 Å². The molecule has 5 fully saturated rings. The molecule has 6 rings (SSSR count). The van der Waals surface area contributed by atoms with Crippen molar-refractivity contribution in [2.45, 2.75) is 88.9 Å². The van der Waals surface area contributed by atoms with Crippen LogP contribution in [0.2, 0.25) is 0 Å². The molecule has 4 aliphatic carbocycles. The maximum Gasteiger partial charge on any atom is 0.335 e. The van der Waals surface area contributed by atoms with E-state index >= 15 is 0 Å². The van der Waals surface area contributed by atoms with Crippen LogP contribution in [0.4, 0.5) is 0 Å². The number of fused-ring (bicyclic) bond motifs is 3. The predicted molar refractivity (Wildman–Crippen MR) is 105 cm³/mol. The van der Waals surface area contributed by atoms with Crippen LogP contribution in [-0.2, 0) is 4.74 Å². The van der Waals surface area contributed by atoms with Crippen molar-refractivity contribution in [1.29, 1.82) is 0 Å². The Morgan fingerprint density at radius 1 is 1.04 bits per heavy atom. The second-order valence-corrected chi connectivity index (χ2v) is 11.0. The number of aliphatic hydroxyl groups excluding tert-OH is 1. The number of ether oxygens (including phenoxy) is 1. The zero-order valence-electron chi connectivity index (χ0n) is 17.0. The molecule has 0 bridgehead atoms. The Kier molecular flexibility index (Phi) is 3.49. The van der Waals surface area contributed by atoms with Crippen LogP contribution >= 0.6 is 0 Å². The molecule has 0 amide bonds. The molecule has 1 spiro atoms. The molecule has 4 heteroatoms. The topological polar surface area (TPSA) is 63.0 Å². The first-order chi connectivity index (χ1) is 13.4. The summed E-state index contributed by atoms with van der Waals surface area (Å²) in [5.74, 6) is 2.48. The van der Waals surface area contributed by atoms with Crippen LogP contribution in [0.15, 0.2) is 27.6 Å². The lowest BCUT2D eigenvalue weighted by Crippen LogP contribution is -2.58. The molecule has 1 saturated heterocycles. The van der Waals surface area contributed by atoms with E-state index in [-0.39, 0.29) is 22.7 Å². The van der Waals surface area contributed by atoms with Gasteiger partial charge in [0.2, 0.25) is 0 Å². The van der Waals surface area contributed by atoms with Gasteiger partial charge in [0.05, 0.1) is 18.5 Å². The van der Waals surface area contributed by atoms with E-state index in [9.17, 15) is 9.90 Å². The highest BCUT2D eigenvalue weighted by atomic mass is 16.6. The molecule has 1 aromatic heterocycles. The average molecular weight is 385 g/mol. The van der Waals surface area contributed by atoms with Gasteiger partial charge >= 0.3 is 5.63 Å². The van der Waals surface area contributed by atoms with Crippen molar-refractivity contribution in [3.63, 3.8) is 0 Å². The van der Waals surface area contributed by atoms with Gasteiger partial charge in [-0.1, -0.05) is 13.8 Å². The molecule has 5 aliphatic rings. The van der Waals surface area contributed by atoms with Crippen LogP contribution in [0, 0.1) is 28.6 Å². The minimum atomic E-state index is -0.266. The third-order valence-corrected chi connectivity index (χ3v) is 10.2. The molecule has 0 unspecified atom stereocenters. The molecule has 28 heavy (non-hydrogen) atoms. The van der Waals surface area contributed by atoms with Gasteiger partial charge in [-0.3, -0.25) is 0 Å². The summed E-state index contributed by atoms with van der Waals surface area (Å²) in [7, 11) is 0. The summed E-state index contributed by atoms with van der Waals surface area (Å²) in [5, 5.41) is 10.2. The highest BCUT2D eigenvalue weighted by molar-refractivity contribution is 5.35. The van der Waals surface area contributed by atoms with Crippen LogP contribution in [0.25, 0.3) is 0 Å². The van der Waals surface area contributed by atoms with Crippen molar-refractivity contribution >= 4 is 0 Å². The average Bonchev–Trinajstić information content (AvgIpc) is 3.33. The molecular formula is C24H32O4. The van der Waals surface area contributed by atoms with Crippen LogP contribution in [-0.4, -0.2) is 22.9 Å². The van der Waals surface area contributed by atoms with Crippen LogP contribution in [0.1, 0.15) is 76.7 Å². The lowest BCUT2D eigenvalue weighted by atomic mass is 9.44. The fourth-order valence-corrected chi connectivity index (χ4v) is 8.74. The fourth-order valence-electron chi connectivity index (χ4n) is 8.74. The first-order valence-electron chi connectivity index (χ1n) is 11.3. The molecule has 1 N–H and O–H groups in total. The van der Waals surface area contributed by atoms with E-state index in [0.717, 1.165) is 25.2 Å². The second-order valence-electron chi connectivity index (χ2n) is 11.0. The third kappa shape index (κ3) is 2.01. The number of rotatable bonds is 1. The standard InChI is InChI=1S/C24H32O4/c1-22-9-7-16(25)11-15(22)4-5-18-17(22)8-10-23(2)19(12-20-24(18,23)28-20)14-3-6-21(26)27-13-14/h3,6,13,15-20,25H,4-5,7-12H2,1-2H3/t15-,16-,17+,18+,19+,20+,22-,23+,24+/m0/s1. The third-order valence-electron chi connectivity index (χ3n) is 10.2. The molecule has 4 nitrogen and oxygen atoms in total. The van der Waals surface area contributed by atoms with Gasteiger partial charge in [-0.15, -0.1) is 0 Å².